The van der Waals surface area contributed by atoms with Gasteiger partial charge in [-0.25, -0.2) is 0 Å². The summed E-state index contributed by atoms with van der Waals surface area (Å²) in [6.07, 6.45) is 11.7. The van der Waals surface area contributed by atoms with Crippen LogP contribution in [-0.2, 0) is 9.47 Å². The minimum absolute atomic E-state index is 0.0911. The van der Waals surface area contributed by atoms with Gasteiger partial charge in [0.25, 0.3) is 0 Å². The highest BCUT2D eigenvalue weighted by Crippen LogP contribution is 2.13. The van der Waals surface area contributed by atoms with Gasteiger partial charge in [-0.2, -0.15) is 0 Å². The van der Waals surface area contributed by atoms with Crippen LogP contribution in [0.15, 0.2) is 0 Å². The van der Waals surface area contributed by atoms with Crippen LogP contribution in [0, 0.1) is 0 Å². The first-order valence-electron chi connectivity index (χ1n) is 9.26. The van der Waals surface area contributed by atoms with Crippen LogP contribution in [0.2, 0.25) is 0 Å². The zero-order valence-corrected chi connectivity index (χ0v) is 15.0. The van der Waals surface area contributed by atoms with E-state index in [1.165, 1.54) is 44.9 Å². The lowest BCUT2D eigenvalue weighted by atomic mass is 10.0. The van der Waals surface area contributed by atoms with Crippen molar-refractivity contribution in [2.75, 3.05) is 19.8 Å². The Bertz CT molecular complexity index is 194. The van der Waals surface area contributed by atoms with E-state index in [2.05, 4.69) is 19.2 Å². The quantitative estimate of drug-likeness (QED) is 0.325. The molecule has 0 rings (SSSR count). The Kier molecular flexibility index (Phi) is 16.2. The number of unbranched alkanes of at least 4 members (excludes halogenated alkanes) is 6. The summed E-state index contributed by atoms with van der Waals surface area (Å²) < 4.78 is 11.5. The van der Waals surface area contributed by atoms with Gasteiger partial charge in [-0.15, -0.1) is 0 Å². The Hall–Kier alpha value is -0.120. The van der Waals surface area contributed by atoms with Gasteiger partial charge in [0.05, 0.1) is 6.04 Å². The van der Waals surface area contributed by atoms with Crippen LogP contribution < -0.4 is 5.32 Å². The fraction of sp³-hybridized carbons (Fsp3) is 1.00. The van der Waals surface area contributed by atoms with Crippen molar-refractivity contribution in [1.82, 2.24) is 5.32 Å². The Morgan fingerprint density at radius 1 is 0.714 bits per heavy atom. The molecule has 3 nitrogen and oxygen atoms in total. The van der Waals surface area contributed by atoms with Gasteiger partial charge in [0.15, 0.2) is 6.29 Å². The van der Waals surface area contributed by atoms with Gasteiger partial charge >= 0.3 is 0 Å². The SMILES string of the molecule is CCCCCCCCCC(NCCC)C(OCC)OCC. The summed E-state index contributed by atoms with van der Waals surface area (Å²) >= 11 is 0. The minimum Gasteiger partial charge on any atom is -0.351 e. The Morgan fingerprint density at radius 2 is 1.29 bits per heavy atom. The van der Waals surface area contributed by atoms with E-state index in [4.69, 9.17) is 9.47 Å². The zero-order chi connectivity index (χ0) is 15.8. The van der Waals surface area contributed by atoms with Gasteiger partial charge in [0.2, 0.25) is 0 Å². The van der Waals surface area contributed by atoms with Gasteiger partial charge in [-0.05, 0) is 33.2 Å². The number of hydrogen-bond donors (Lipinski definition) is 1. The Morgan fingerprint density at radius 3 is 1.81 bits per heavy atom. The molecule has 1 atom stereocenters. The van der Waals surface area contributed by atoms with Crippen LogP contribution in [0.5, 0.6) is 0 Å². The van der Waals surface area contributed by atoms with Crippen molar-refractivity contribution in [1.29, 1.82) is 0 Å². The molecule has 1 N–H and O–H groups in total. The highest BCUT2D eigenvalue weighted by atomic mass is 16.7. The molecule has 0 heterocycles. The summed E-state index contributed by atoms with van der Waals surface area (Å²) in [4.78, 5) is 0. The molecule has 0 spiro atoms. The molecule has 0 saturated carbocycles. The molecule has 0 fully saturated rings. The van der Waals surface area contributed by atoms with Gasteiger partial charge < -0.3 is 14.8 Å². The molecule has 0 bridgehead atoms. The van der Waals surface area contributed by atoms with E-state index in [0.29, 0.717) is 19.3 Å². The minimum atomic E-state index is -0.0911. The molecule has 128 valence electrons. The number of nitrogens with one attached hydrogen (secondary N) is 1. The van der Waals surface area contributed by atoms with Crippen LogP contribution in [0.3, 0.4) is 0 Å². The topological polar surface area (TPSA) is 30.5 Å². The molecule has 0 aromatic carbocycles. The lowest BCUT2D eigenvalue weighted by molar-refractivity contribution is -0.155. The smallest absolute Gasteiger partial charge is 0.172 e. The third kappa shape index (κ3) is 12.1. The molecule has 21 heavy (non-hydrogen) atoms. The van der Waals surface area contributed by atoms with Crippen molar-refractivity contribution < 1.29 is 9.47 Å². The summed E-state index contributed by atoms with van der Waals surface area (Å²) in [6.45, 7) is 11.0. The van der Waals surface area contributed by atoms with E-state index < -0.39 is 0 Å². The standard InChI is InChI=1S/C18H39NO2/c1-5-9-10-11-12-13-14-15-17(19-16-6-2)18(20-7-3)21-8-4/h17-19H,5-16H2,1-4H3. The fourth-order valence-electron chi connectivity index (χ4n) is 2.59. The third-order valence-corrected chi connectivity index (χ3v) is 3.77. The summed E-state index contributed by atoms with van der Waals surface area (Å²) in [5.41, 5.74) is 0. The van der Waals surface area contributed by atoms with Gasteiger partial charge in [-0.3, -0.25) is 0 Å². The maximum atomic E-state index is 5.77. The van der Waals surface area contributed by atoms with Gasteiger partial charge in [0, 0.05) is 13.2 Å². The Balaban J connectivity index is 3.97. The molecule has 0 aliphatic carbocycles. The van der Waals surface area contributed by atoms with Crippen molar-refractivity contribution in [3.05, 3.63) is 0 Å². The average Bonchev–Trinajstić information content (AvgIpc) is 2.49. The molecule has 0 aliphatic heterocycles. The second-order valence-corrected chi connectivity index (χ2v) is 5.75. The fourth-order valence-corrected chi connectivity index (χ4v) is 2.59. The maximum Gasteiger partial charge on any atom is 0.172 e. The molecule has 0 aromatic heterocycles. The van der Waals surface area contributed by atoms with Crippen molar-refractivity contribution in [2.45, 2.75) is 97.8 Å². The average molecular weight is 302 g/mol. The van der Waals surface area contributed by atoms with Crippen LogP contribution in [0.25, 0.3) is 0 Å². The number of rotatable bonds is 16. The lowest BCUT2D eigenvalue weighted by Gasteiger charge is -2.27. The van der Waals surface area contributed by atoms with E-state index in [-0.39, 0.29) is 6.29 Å². The van der Waals surface area contributed by atoms with E-state index in [1.807, 2.05) is 13.8 Å². The van der Waals surface area contributed by atoms with E-state index >= 15 is 0 Å². The molecule has 1 unspecified atom stereocenters. The highest BCUT2D eigenvalue weighted by Gasteiger charge is 2.21. The monoisotopic (exact) mass is 301 g/mol. The normalized spacial score (nSPS) is 13.0. The summed E-state index contributed by atoms with van der Waals surface area (Å²) in [7, 11) is 0. The molecule has 0 amide bonds. The van der Waals surface area contributed by atoms with E-state index in [1.54, 1.807) is 0 Å². The van der Waals surface area contributed by atoms with E-state index in [9.17, 15) is 0 Å². The van der Waals surface area contributed by atoms with Crippen LogP contribution in [-0.4, -0.2) is 32.1 Å². The van der Waals surface area contributed by atoms with Gasteiger partial charge in [0.1, 0.15) is 0 Å². The molecule has 3 heteroatoms. The molecule has 0 saturated heterocycles. The summed E-state index contributed by atoms with van der Waals surface area (Å²) in [5.74, 6) is 0. The largest absolute Gasteiger partial charge is 0.351 e. The van der Waals surface area contributed by atoms with Gasteiger partial charge in [-0.1, -0.05) is 58.8 Å². The second kappa shape index (κ2) is 16.3. The van der Waals surface area contributed by atoms with Crippen molar-refractivity contribution in [3.63, 3.8) is 0 Å². The van der Waals surface area contributed by atoms with Crippen LogP contribution >= 0.6 is 0 Å². The second-order valence-electron chi connectivity index (χ2n) is 5.75. The van der Waals surface area contributed by atoms with Crippen molar-refractivity contribution >= 4 is 0 Å². The molecule has 0 aromatic rings. The zero-order valence-electron chi connectivity index (χ0n) is 15.0. The Labute approximate surface area is 133 Å². The van der Waals surface area contributed by atoms with Crippen molar-refractivity contribution in [3.8, 4) is 0 Å². The maximum absolute atomic E-state index is 5.77. The third-order valence-electron chi connectivity index (χ3n) is 3.77. The highest BCUT2D eigenvalue weighted by molar-refractivity contribution is 4.71. The first-order valence-corrected chi connectivity index (χ1v) is 9.26. The predicted octanol–water partition coefficient (Wildman–Crippen LogP) is 4.89. The summed E-state index contributed by atoms with van der Waals surface area (Å²) in [6, 6.07) is 0.334. The molecular weight excluding hydrogens is 262 g/mol. The first-order chi connectivity index (χ1) is 10.3. The number of ether oxygens (including phenoxy) is 2. The van der Waals surface area contributed by atoms with Crippen molar-refractivity contribution in [2.24, 2.45) is 0 Å². The van der Waals surface area contributed by atoms with Crippen LogP contribution in [0.1, 0.15) is 85.5 Å². The number of hydrogen-bond acceptors (Lipinski definition) is 3. The predicted molar refractivity (Wildman–Crippen MR) is 91.7 cm³/mol. The van der Waals surface area contributed by atoms with E-state index in [0.717, 1.165) is 19.4 Å². The lowest BCUT2D eigenvalue weighted by Crippen LogP contribution is -2.43. The first kappa shape index (κ1) is 20.9. The molecular formula is C18H39NO2. The summed E-state index contributed by atoms with van der Waals surface area (Å²) in [5, 5.41) is 3.60. The van der Waals surface area contributed by atoms with Crippen LogP contribution in [0.4, 0.5) is 0 Å². The molecule has 0 aliphatic rings. The molecule has 0 radical (unpaired) electrons.